The van der Waals surface area contributed by atoms with Crippen LogP contribution in [0.5, 0.6) is 0 Å². The van der Waals surface area contributed by atoms with Crippen molar-refractivity contribution in [2.75, 3.05) is 13.1 Å². The van der Waals surface area contributed by atoms with Crippen molar-refractivity contribution in [3.8, 4) is 0 Å². The molecule has 1 fully saturated rings. The van der Waals surface area contributed by atoms with E-state index < -0.39 is 5.60 Å². The second-order valence-electron chi connectivity index (χ2n) is 6.54. The summed E-state index contributed by atoms with van der Waals surface area (Å²) in [6, 6.07) is 5.60. The molecule has 1 saturated heterocycles. The zero-order valence-electron chi connectivity index (χ0n) is 13.3. The number of rotatable bonds is 2. The largest absolute Gasteiger partial charge is 0.444 e. The zero-order chi connectivity index (χ0) is 16.5. The van der Waals surface area contributed by atoms with E-state index >= 15 is 0 Å². The third-order valence-electron chi connectivity index (χ3n) is 3.23. The number of nitrogens with zero attached hydrogens (tertiary/aromatic N) is 1. The molecule has 1 aromatic rings. The van der Waals surface area contributed by atoms with Crippen molar-refractivity contribution in [2.45, 2.75) is 39.3 Å². The molecule has 2 rings (SSSR count). The molecule has 0 unspecified atom stereocenters. The molecule has 6 heteroatoms. The van der Waals surface area contributed by atoms with E-state index in [1.54, 1.807) is 4.90 Å². The maximum absolute atomic E-state index is 12.3. The molecule has 0 atom stereocenters. The van der Waals surface area contributed by atoms with Crippen molar-refractivity contribution < 1.29 is 14.3 Å². The second-order valence-corrected chi connectivity index (χ2v) is 7.39. The summed E-state index contributed by atoms with van der Waals surface area (Å²) in [5.74, 6) is -0.135. The van der Waals surface area contributed by atoms with Gasteiger partial charge in [0.2, 0.25) is 0 Å². The van der Waals surface area contributed by atoms with Gasteiger partial charge >= 0.3 is 6.09 Å². The Morgan fingerprint density at radius 2 is 1.95 bits per heavy atom. The van der Waals surface area contributed by atoms with Gasteiger partial charge in [-0.15, -0.1) is 0 Å². The summed E-state index contributed by atoms with van der Waals surface area (Å²) >= 11 is 3.38. The van der Waals surface area contributed by atoms with Crippen LogP contribution in [0.4, 0.5) is 4.79 Å². The first-order chi connectivity index (χ1) is 10.2. The normalized spacial score (nSPS) is 15.2. The minimum atomic E-state index is -0.502. The van der Waals surface area contributed by atoms with E-state index in [0.29, 0.717) is 18.7 Å². The number of carbonyl (C=O) groups excluding carboxylic acids is 2. The Morgan fingerprint density at radius 3 is 2.55 bits per heavy atom. The summed E-state index contributed by atoms with van der Waals surface area (Å²) in [4.78, 5) is 25.7. The molecule has 5 nitrogen and oxygen atoms in total. The number of benzene rings is 1. The predicted molar refractivity (Wildman–Crippen MR) is 87.9 cm³/mol. The summed E-state index contributed by atoms with van der Waals surface area (Å²) in [6.07, 6.45) is -0.338. The molecule has 2 amide bonds. The molecule has 0 aliphatic carbocycles. The lowest BCUT2D eigenvalue weighted by Crippen LogP contribution is -2.61. The van der Waals surface area contributed by atoms with E-state index in [-0.39, 0.29) is 18.0 Å². The topological polar surface area (TPSA) is 58.6 Å². The highest BCUT2D eigenvalue weighted by Crippen LogP contribution is 2.20. The van der Waals surface area contributed by atoms with Crippen LogP contribution in [0.3, 0.4) is 0 Å². The molecule has 22 heavy (non-hydrogen) atoms. The van der Waals surface area contributed by atoms with Gasteiger partial charge in [-0.3, -0.25) is 4.79 Å². The van der Waals surface area contributed by atoms with Crippen LogP contribution in [0.2, 0.25) is 0 Å². The first kappa shape index (κ1) is 16.8. The van der Waals surface area contributed by atoms with Gasteiger partial charge in [-0.2, -0.15) is 0 Å². The first-order valence-corrected chi connectivity index (χ1v) is 8.00. The molecule has 0 saturated carbocycles. The third-order valence-corrected chi connectivity index (χ3v) is 3.93. The van der Waals surface area contributed by atoms with Gasteiger partial charge in [-0.1, -0.05) is 11.6 Å². The Bertz CT molecular complexity index is 590. The summed E-state index contributed by atoms with van der Waals surface area (Å²) < 4.78 is 6.04. The SMILES string of the molecule is Cc1ccc(Br)c(C(=O)NC2CN(C(=O)OC(C)(C)C)C2)c1. The Morgan fingerprint density at radius 1 is 1.32 bits per heavy atom. The highest BCUT2D eigenvalue weighted by molar-refractivity contribution is 9.10. The van der Waals surface area contributed by atoms with E-state index in [4.69, 9.17) is 4.74 Å². The van der Waals surface area contributed by atoms with E-state index in [1.807, 2.05) is 45.9 Å². The summed E-state index contributed by atoms with van der Waals surface area (Å²) in [5.41, 5.74) is 1.13. The van der Waals surface area contributed by atoms with Crippen molar-refractivity contribution in [1.82, 2.24) is 10.2 Å². The molecular weight excluding hydrogens is 348 g/mol. The molecular formula is C16H21BrN2O3. The Hall–Kier alpha value is -1.56. The lowest BCUT2D eigenvalue weighted by atomic mass is 10.1. The number of aryl methyl sites for hydroxylation is 1. The number of halogens is 1. The van der Waals surface area contributed by atoms with Gasteiger partial charge in [-0.25, -0.2) is 4.79 Å². The molecule has 1 aliphatic heterocycles. The molecule has 1 N–H and O–H groups in total. The van der Waals surface area contributed by atoms with Crippen LogP contribution in [-0.2, 0) is 4.74 Å². The Labute approximate surface area is 139 Å². The fourth-order valence-corrected chi connectivity index (χ4v) is 2.55. The van der Waals surface area contributed by atoms with Crippen molar-refractivity contribution in [2.24, 2.45) is 0 Å². The van der Waals surface area contributed by atoms with Gasteiger partial charge < -0.3 is 15.0 Å². The predicted octanol–water partition coefficient (Wildman–Crippen LogP) is 3.11. The molecule has 0 radical (unpaired) electrons. The first-order valence-electron chi connectivity index (χ1n) is 7.20. The second kappa shape index (κ2) is 6.28. The van der Waals surface area contributed by atoms with Gasteiger partial charge in [0.1, 0.15) is 5.60 Å². The monoisotopic (exact) mass is 368 g/mol. The zero-order valence-corrected chi connectivity index (χ0v) is 14.9. The standard InChI is InChI=1S/C16H21BrN2O3/c1-10-5-6-13(17)12(7-10)14(20)18-11-8-19(9-11)15(21)22-16(2,3)4/h5-7,11H,8-9H2,1-4H3,(H,18,20). The summed E-state index contributed by atoms with van der Waals surface area (Å²) in [5, 5.41) is 2.93. The van der Waals surface area contributed by atoms with Crippen LogP contribution in [0, 0.1) is 6.92 Å². The number of nitrogens with one attached hydrogen (secondary N) is 1. The maximum Gasteiger partial charge on any atom is 0.410 e. The van der Waals surface area contributed by atoms with Crippen molar-refractivity contribution in [3.05, 3.63) is 33.8 Å². The van der Waals surface area contributed by atoms with Gasteiger partial charge in [-0.05, 0) is 55.8 Å². The van der Waals surface area contributed by atoms with Gasteiger partial charge in [0.05, 0.1) is 11.6 Å². The number of amides is 2. The lowest BCUT2D eigenvalue weighted by Gasteiger charge is -2.40. The van der Waals surface area contributed by atoms with Crippen LogP contribution < -0.4 is 5.32 Å². The summed E-state index contributed by atoms with van der Waals surface area (Å²) in [6.45, 7) is 8.39. The highest BCUT2D eigenvalue weighted by Gasteiger charge is 2.34. The minimum Gasteiger partial charge on any atom is -0.444 e. The van der Waals surface area contributed by atoms with Crippen LogP contribution in [0.15, 0.2) is 22.7 Å². The van der Waals surface area contributed by atoms with E-state index in [2.05, 4.69) is 21.2 Å². The number of hydrogen-bond acceptors (Lipinski definition) is 3. The molecule has 0 aromatic heterocycles. The van der Waals surface area contributed by atoms with Gasteiger partial charge in [0, 0.05) is 17.6 Å². The fourth-order valence-electron chi connectivity index (χ4n) is 2.12. The van der Waals surface area contributed by atoms with Crippen LogP contribution in [0.1, 0.15) is 36.7 Å². The highest BCUT2D eigenvalue weighted by atomic mass is 79.9. The smallest absolute Gasteiger partial charge is 0.410 e. The van der Waals surface area contributed by atoms with Crippen molar-refractivity contribution >= 4 is 27.9 Å². The average molecular weight is 369 g/mol. The van der Waals surface area contributed by atoms with Crippen LogP contribution in [-0.4, -0.2) is 41.6 Å². The van der Waals surface area contributed by atoms with Gasteiger partial charge in [0.25, 0.3) is 5.91 Å². The minimum absolute atomic E-state index is 0.0348. The van der Waals surface area contributed by atoms with E-state index in [1.165, 1.54) is 0 Å². The molecule has 0 bridgehead atoms. The summed E-state index contributed by atoms with van der Waals surface area (Å²) in [7, 11) is 0. The number of hydrogen-bond donors (Lipinski definition) is 1. The molecule has 120 valence electrons. The quantitative estimate of drug-likeness (QED) is 0.872. The average Bonchev–Trinajstić information content (AvgIpc) is 2.33. The van der Waals surface area contributed by atoms with E-state index in [9.17, 15) is 9.59 Å². The molecule has 1 aliphatic rings. The number of ether oxygens (including phenoxy) is 1. The molecule has 1 aromatic carbocycles. The Kier molecular flexibility index (Phi) is 4.80. The van der Waals surface area contributed by atoms with Crippen molar-refractivity contribution in [3.63, 3.8) is 0 Å². The van der Waals surface area contributed by atoms with Crippen LogP contribution >= 0.6 is 15.9 Å². The van der Waals surface area contributed by atoms with E-state index in [0.717, 1.165) is 10.0 Å². The van der Waals surface area contributed by atoms with Crippen molar-refractivity contribution in [1.29, 1.82) is 0 Å². The molecule has 0 spiro atoms. The van der Waals surface area contributed by atoms with Gasteiger partial charge in [0.15, 0.2) is 0 Å². The number of likely N-dealkylation sites (tertiary alicyclic amines) is 1. The lowest BCUT2D eigenvalue weighted by molar-refractivity contribution is 0.00533. The molecule has 1 heterocycles. The van der Waals surface area contributed by atoms with Crippen LogP contribution in [0.25, 0.3) is 0 Å². The third kappa shape index (κ3) is 4.22. The Balaban J connectivity index is 1.86. The number of carbonyl (C=O) groups is 2. The maximum atomic E-state index is 12.3. The fraction of sp³-hybridized carbons (Fsp3) is 0.500.